The number of hydrogen-bond acceptors (Lipinski definition) is 3. The minimum Gasteiger partial charge on any atom is -0.337 e. The van der Waals surface area contributed by atoms with Crippen LogP contribution in [0.3, 0.4) is 0 Å². The molecular formula is C18H21N3O2. The Kier molecular flexibility index (Phi) is 4.55. The number of nitrogens with zero attached hydrogens (tertiary/aromatic N) is 3. The van der Waals surface area contributed by atoms with Crippen LogP contribution in [-0.4, -0.2) is 39.0 Å². The lowest BCUT2D eigenvalue weighted by Crippen LogP contribution is -2.40. The third-order valence-corrected chi connectivity index (χ3v) is 4.46. The number of Topliss-reactive ketones (excluding diaryl/α,β-unsaturated/α-hetero) is 1. The van der Waals surface area contributed by atoms with Crippen LogP contribution in [0.5, 0.6) is 0 Å². The molecule has 0 spiro atoms. The van der Waals surface area contributed by atoms with E-state index in [0.29, 0.717) is 12.0 Å². The summed E-state index contributed by atoms with van der Waals surface area (Å²) in [7, 11) is 0. The highest BCUT2D eigenvalue weighted by atomic mass is 16.2. The van der Waals surface area contributed by atoms with Gasteiger partial charge < -0.3 is 4.90 Å². The number of amides is 1. The summed E-state index contributed by atoms with van der Waals surface area (Å²) >= 11 is 0. The van der Waals surface area contributed by atoms with Gasteiger partial charge in [0.05, 0.1) is 0 Å². The molecule has 23 heavy (non-hydrogen) atoms. The second-order valence-corrected chi connectivity index (χ2v) is 5.98. The first-order chi connectivity index (χ1) is 11.2. The van der Waals surface area contributed by atoms with Crippen molar-refractivity contribution in [2.24, 2.45) is 0 Å². The van der Waals surface area contributed by atoms with E-state index in [0.717, 1.165) is 19.4 Å². The van der Waals surface area contributed by atoms with E-state index in [4.69, 9.17) is 0 Å². The van der Waals surface area contributed by atoms with E-state index in [1.165, 1.54) is 0 Å². The van der Waals surface area contributed by atoms with Gasteiger partial charge in [-0.3, -0.25) is 14.3 Å². The molecule has 0 bridgehead atoms. The summed E-state index contributed by atoms with van der Waals surface area (Å²) in [4.78, 5) is 27.0. The zero-order valence-corrected chi connectivity index (χ0v) is 13.3. The van der Waals surface area contributed by atoms with Gasteiger partial charge in [-0.15, -0.1) is 0 Å². The first kappa shape index (κ1) is 15.5. The molecule has 2 heterocycles. The molecule has 5 nitrogen and oxygen atoms in total. The smallest absolute Gasteiger partial charge is 0.247 e. The molecule has 0 saturated carbocycles. The molecule has 3 rings (SSSR count). The van der Waals surface area contributed by atoms with E-state index in [-0.39, 0.29) is 23.8 Å². The van der Waals surface area contributed by atoms with Crippen LogP contribution < -0.4 is 0 Å². The van der Waals surface area contributed by atoms with Crippen molar-refractivity contribution in [1.82, 2.24) is 14.7 Å². The molecule has 1 aromatic heterocycles. The van der Waals surface area contributed by atoms with Crippen molar-refractivity contribution in [3.63, 3.8) is 0 Å². The summed E-state index contributed by atoms with van der Waals surface area (Å²) in [6.07, 6.45) is 5.69. The molecule has 1 aliphatic heterocycles. The summed E-state index contributed by atoms with van der Waals surface area (Å²) in [6.45, 7) is 2.57. The molecule has 2 atom stereocenters. The van der Waals surface area contributed by atoms with Gasteiger partial charge in [0.1, 0.15) is 6.04 Å². The Bertz CT molecular complexity index is 667. The fraction of sp³-hybridized carbons (Fsp3) is 0.389. The van der Waals surface area contributed by atoms with Crippen molar-refractivity contribution in [3.8, 4) is 0 Å². The van der Waals surface area contributed by atoms with Crippen LogP contribution in [0.15, 0.2) is 48.8 Å². The Balaban J connectivity index is 1.68. The average Bonchev–Trinajstić information content (AvgIpc) is 3.26. The zero-order chi connectivity index (χ0) is 16.2. The molecule has 5 heteroatoms. The molecule has 0 N–H and O–H groups in total. The molecule has 120 valence electrons. The van der Waals surface area contributed by atoms with Crippen LogP contribution >= 0.6 is 0 Å². The zero-order valence-electron chi connectivity index (χ0n) is 13.3. The second-order valence-electron chi connectivity index (χ2n) is 5.98. The highest BCUT2D eigenvalue weighted by molar-refractivity contribution is 5.96. The van der Waals surface area contributed by atoms with Gasteiger partial charge in [-0.1, -0.05) is 30.3 Å². The Hall–Kier alpha value is -2.43. The number of carbonyl (C=O) groups excluding carboxylic acids is 2. The lowest BCUT2D eigenvalue weighted by molar-refractivity contribution is -0.135. The second kappa shape index (κ2) is 6.77. The third-order valence-electron chi connectivity index (χ3n) is 4.46. The monoisotopic (exact) mass is 311 g/mol. The maximum Gasteiger partial charge on any atom is 0.247 e. The lowest BCUT2D eigenvalue weighted by atomic mass is 10.0. The summed E-state index contributed by atoms with van der Waals surface area (Å²) < 4.78 is 1.66. The van der Waals surface area contributed by atoms with Gasteiger partial charge in [-0.2, -0.15) is 5.10 Å². The van der Waals surface area contributed by atoms with Crippen LogP contribution in [0.25, 0.3) is 0 Å². The van der Waals surface area contributed by atoms with E-state index >= 15 is 0 Å². The van der Waals surface area contributed by atoms with Gasteiger partial charge in [0.2, 0.25) is 5.91 Å². The number of aromatic nitrogens is 2. The van der Waals surface area contributed by atoms with Gasteiger partial charge in [0, 0.05) is 37.0 Å². The van der Waals surface area contributed by atoms with E-state index in [1.807, 2.05) is 48.2 Å². The summed E-state index contributed by atoms with van der Waals surface area (Å²) in [5.41, 5.74) is 0.715. The number of carbonyl (C=O) groups is 2. The minimum absolute atomic E-state index is 0.00628. The third kappa shape index (κ3) is 3.33. The van der Waals surface area contributed by atoms with Crippen LogP contribution in [0, 0.1) is 0 Å². The number of ketones is 1. The molecule has 1 saturated heterocycles. The summed E-state index contributed by atoms with van der Waals surface area (Å²) in [5, 5.41) is 4.14. The molecule has 1 fully saturated rings. The number of rotatable bonds is 5. The molecule has 1 amide bonds. The molecule has 1 aromatic carbocycles. The number of benzene rings is 1. The molecule has 1 aliphatic rings. The quantitative estimate of drug-likeness (QED) is 0.798. The largest absolute Gasteiger partial charge is 0.337 e. The van der Waals surface area contributed by atoms with Crippen molar-refractivity contribution >= 4 is 11.7 Å². The molecule has 0 unspecified atom stereocenters. The van der Waals surface area contributed by atoms with Crippen LogP contribution in [0.4, 0.5) is 0 Å². The van der Waals surface area contributed by atoms with E-state index in [9.17, 15) is 9.59 Å². The van der Waals surface area contributed by atoms with Gasteiger partial charge in [0.25, 0.3) is 0 Å². The van der Waals surface area contributed by atoms with Crippen LogP contribution in [-0.2, 0) is 4.79 Å². The van der Waals surface area contributed by atoms with Crippen LogP contribution in [0.2, 0.25) is 0 Å². The van der Waals surface area contributed by atoms with Crippen LogP contribution in [0.1, 0.15) is 42.6 Å². The first-order valence-electron chi connectivity index (χ1n) is 8.04. The maximum atomic E-state index is 12.7. The van der Waals surface area contributed by atoms with Gasteiger partial charge in [0.15, 0.2) is 5.78 Å². The SMILES string of the molecule is C[C@H](C(=O)N1CCC[C@H]1CC(=O)c1ccccc1)n1cccn1. The number of hydrogen-bond donors (Lipinski definition) is 0. The van der Waals surface area contributed by atoms with Crippen molar-refractivity contribution in [3.05, 3.63) is 54.4 Å². The Morgan fingerprint density at radius 1 is 1.26 bits per heavy atom. The maximum absolute atomic E-state index is 12.7. The highest BCUT2D eigenvalue weighted by Crippen LogP contribution is 2.25. The lowest BCUT2D eigenvalue weighted by Gasteiger charge is -2.27. The Morgan fingerprint density at radius 2 is 2.04 bits per heavy atom. The number of likely N-dealkylation sites (tertiary alicyclic amines) is 1. The first-order valence-corrected chi connectivity index (χ1v) is 8.04. The van der Waals surface area contributed by atoms with Gasteiger partial charge >= 0.3 is 0 Å². The minimum atomic E-state index is -0.336. The van der Waals surface area contributed by atoms with Crippen molar-refractivity contribution in [2.75, 3.05) is 6.54 Å². The normalized spacial score (nSPS) is 18.8. The standard InChI is InChI=1S/C18H21N3O2/c1-14(21-12-6-10-19-21)18(23)20-11-5-9-16(20)13-17(22)15-7-3-2-4-8-15/h2-4,6-8,10,12,14,16H,5,9,11,13H2,1H3/t14-,16+/m1/s1. The molecular weight excluding hydrogens is 290 g/mol. The molecule has 0 radical (unpaired) electrons. The van der Waals surface area contributed by atoms with E-state index < -0.39 is 0 Å². The average molecular weight is 311 g/mol. The van der Waals surface area contributed by atoms with Crippen molar-refractivity contribution < 1.29 is 9.59 Å². The fourth-order valence-corrected chi connectivity index (χ4v) is 3.16. The topological polar surface area (TPSA) is 55.2 Å². The van der Waals surface area contributed by atoms with E-state index in [2.05, 4.69) is 5.10 Å². The van der Waals surface area contributed by atoms with Crippen molar-refractivity contribution in [1.29, 1.82) is 0 Å². The predicted molar refractivity (Wildman–Crippen MR) is 87.1 cm³/mol. The summed E-state index contributed by atoms with van der Waals surface area (Å²) in [6, 6.07) is 10.8. The molecule has 2 aromatic rings. The Morgan fingerprint density at radius 3 is 2.74 bits per heavy atom. The highest BCUT2D eigenvalue weighted by Gasteiger charge is 2.33. The van der Waals surface area contributed by atoms with Crippen molar-refractivity contribution in [2.45, 2.75) is 38.3 Å². The van der Waals surface area contributed by atoms with E-state index in [1.54, 1.807) is 17.1 Å². The fourth-order valence-electron chi connectivity index (χ4n) is 3.16. The predicted octanol–water partition coefficient (Wildman–Crippen LogP) is 2.71. The molecule has 0 aliphatic carbocycles. The van der Waals surface area contributed by atoms with Gasteiger partial charge in [-0.05, 0) is 25.8 Å². The van der Waals surface area contributed by atoms with Gasteiger partial charge in [-0.25, -0.2) is 0 Å². The Labute approximate surface area is 135 Å². The summed E-state index contributed by atoms with van der Waals surface area (Å²) in [5.74, 6) is 0.138.